The minimum Gasteiger partial charge on any atom is -0.290 e. The van der Waals surface area contributed by atoms with Gasteiger partial charge < -0.3 is 0 Å². The van der Waals surface area contributed by atoms with Crippen LogP contribution in [0.25, 0.3) is 28.1 Å². The molecule has 36 heavy (non-hydrogen) atoms. The molecule has 0 atom stereocenters. The standard InChI is InChI=1S/C29H25N3O3S/c1-20-11-17-26(18-12-20)36(34,35)31-24-15-13-22(14-16-24)27-28(23-8-6-7-21(2)19-23)30-32(29(27)33)25-9-4-3-5-10-25/h3-19,30-31H,1-2H3. The van der Waals surface area contributed by atoms with Gasteiger partial charge in [-0.05, 0) is 61.9 Å². The molecule has 0 fully saturated rings. The predicted molar refractivity (Wildman–Crippen MR) is 144 cm³/mol. The molecule has 0 saturated carbocycles. The van der Waals surface area contributed by atoms with Crippen LogP contribution in [0, 0.1) is 13.8 Å². The number of aromatic amines is 1. The lowest BCUT2D eigenvalue weighted by Crippen LogP contribution is -2.15. The number of sulfonamides is 1. The van der Waals surface area contributed by atoms with Gasteiger partial charge in [-0.2, -0.15) is 0 Å². The van der Waals surface area contributed by atoms with E-state index in [2.05, 4.69) is 9.82 Å². The molecule has 0 unspecified atom stereocenters. The Labute approximate surface area is 209 Å². The van der Waals surface area contributed by atoms with Gasteiger partial charge in [-0.3, -0.25) is 14.6 Å². The molecule has 0 aliphatic carbocycles. The molecule has 0 saturated heterocycles. The van der Waals surface area contributed by atoms with Crippen LogP contribution in [0.15, 0.2) is 113 Å². The molecule has 0 bridgehead atoms. The first kappa shape index (κ1) is 23.4. The van der Waals surface area contributed by atoms with Crippen molar-refractivity contribution in [3.63, 3.8) is 0 Å². The van der Waals surface area contributed by atoms with Crippen LogP contribution in [0.3, 0.4) is 0 Å². The smallest absolute Gasteiger partial charge is 0.279 e. The number of H-pyrrole nitrogens is 1. The Morgan fingerprint density at radius 1 is 0.722 bits per heavy atom. The second-order valence-corrected chi connectivity index (χ2v) is 10.4. The third kappa shape index (κ3) is 4.61. The number of anilines is 1. The number of hydrogen-bond donors (Lipinski definition) is 2. The van der Waals surface area contributed by atoms with Crippen molar-refractivity contribution < 1.29 is 8.42 Å². The summed E-state index contributed by atoms with van der Waals surface area (Å²) in [7, 11) is -3.73. The number of hydrogen-bond acceptors (Lipinski definition) is 3. The van der Waals surface area contributed by atoms with Gasteiger partial charge in [0.25, 0.3) is 15.6 Å². The number of rotatable bonds is 6. The molecule has 0 radical (unpaired) electrons. The van der Waals surface area contributed by atoms with E-state index in [-0.39, 0.29) is 10.5 Å². The molecular weight excluding hydrogens is 470 g/mol. The summed E-state index contributed by atoms with van der Waals surface area (Å²) in [5.74, 6) is 0. The van der Waals surface area contributed by atoms with Gasteiger partial charge in [0.05, 0.1) is 21.8 Å². The van der Waals surface area contributed by atoms with Crippen molar-refractivity contribution in [2.75, 3.05) is 4.72 Å². The average molecular weight is 496 g/mol. The lowest BCUT2D eigenvalue weighted by Gasteiger charge is -2.09. The lowest BCUT2D eigenvalue weighted by molar-refractivity contribution is 0.601. The first-order valence-corrected chi connectivity index (χ1v) is 13.0. The summed E-state index contributed by atoms with van der Waals surface area (Å²) in [6.45, 7) is 3.91. The van der Waals surface area contributed by atoms with Gasteiger partial charge in [0.15, 0.2) is 0 Å². The van der Waals surface area contributed by atoms with Crippen LogP contribution in [-0.2, 0) is 10.0 Å². The fourth-order valence-corrected chi connectivity index (χ4v) is 5.17. The minimum atomic E-state index is -3.73. The summed E-state index contributed by atoms with van der Waals surface area (Å²) >= 11 is 0. The Hall–Kier alpha value is -4.36. The van der Waals surface area contributed by atoms with E-state index in [0.29, 0.717) is 22.5 Å². The van der Waals surface area contributed by atoms with Crippen molar-refractivity contribution in [1.82, 2.24) is 9.78 Å². The van der Waals surface area contributed by atoms with Gasteiger partial charge in [0, 0.05) is 11.3 Å². The maximum Gasteiger partial charge on any atom is 0.279 e. The van der Waals surface area contributed by atoms with E-state index in [0.717, 1.165) is 22.4 Å². The first-order chi connectivity index (χ1) is 17.3. The Balaban J connectivity index is 1.56. The zero-order valence-corrected chi connectivity index (χ0v) is 20.7. The normalized spacial score (nSPS) is 11.4. The molecule has 1 aromatic heterocycles. The SMILES string of the molecule is Cc1ccc(S(=O)(=O)Nc2ccc(-c3c(-c4cccc(C)c4)[nH]n(-c4ccccc4)c3=O)cc2)cc1. The molecule has 1 heterocycles. The fourth-order valence-electron chi connectivity index (χ4n) is 4.11. The highest BCUT2D eigenvalue weighted by Gasteiger charge is 2.19. The summed E-state index contributed by atoms with van der Waals surface area (Å²) in [4.78, 5) is 13.8. The van der Waals surface area contributed by atoms with Crippen LogP contribution < -0.4 is 10.3 Å². The summed E-state index contributed by atoms with van der Waals surface area (Å²) in [5, 5.41) is 3.28. The summed E-state index contributed by atoms with van der Waals surface area (Å²) in [5.41, 5.74) is 5.79. The summed E-state index contributed by atoms with van der Waals surface area (Å²) in [6.07, 6.45) is 0. The number of aromatic nitrogens is 2. The number of aryl methyl sites for hydroxylation is 2. The van der Waals surface area contributed by atoms with Gasteiger partial charge >= 0.3 is 0 Å². The largest absolute Gasteiger partial charge is 0.290 e. The van der Waals surface area contributed by atoms with Gasteiger partial charge in [-0.1, -0.05) is 71.8 Å². The summed E-state index contributed by atoms with van der Waals surface area (Å²) in [6, 6.07) is 30.8. The molecule has 180 valence electrons. The van der Waals surface area contributed by atoms with Crippen LogP contribution in [0.5, 0.6) is 0 Å². The van der Waals surface area contributed by atoms with Crippen molar-refractivity contribution in [1.29, 1.82) is 0 Å². The van der Waals surface area contributed by atoms with Gasteiger partial charge in [-0.15, -0.1) is 0 Å². The van der Waals surface area contributed by atoms with E-state index in [1.807, 2.05) is 68.4 Å². The van der Waals surface area contributed by atoms with Crippen molar-refractivity contribution in [2.45, 2.75) is 18.7 Å². The van der Waals surface area contributed by atoms with Crippen molar-refractivity contribution >= 4 is 15.7 Å². The van der Waals surface area contributed by atoms with Gasteiger partial charge in [0.2, 0.25) is 0 Å². The van der Waals surface area contributed by atoms with Crippen LogP contribution in [0.4, 0.5) is 5.69 Å². The van der Waals surface area contributed by atoms with Crippen molar-refractivity contribution in [2.24, 2.45) is 0 Å². The quantitative estimate of drug-likeness (QED) is 0.307. The lowest BCUT2D eigenvalue weighted by atomic mass is 10.0. The predicted octanol–water partition coefficient (Wildman–Crippen LogP) is 5.92. The molecule has 0 aliphatic rings. The van der Waals surface area contributed by atoms with E-state index in [4.69, 9.17) is 0 Å². The Morgan fingerprint density at radius 3 is 2.08 bits per heavy atom. The van der Waals surface area contributed by atoms with Crippen molar-refractivity contribution in [3.8, 4) is 28.1 Å². The molecule has 7 heteroatoms. The molecule has 5 rings (SSSR count). The molecule has 4 aromatic carbocycles. The fraction of sp³-hybridized carbons (Fsp3) is 0.0690. The Bertz CT molecular complexity index is 1680. The van der Waals surface area contributed by atoms with Crippen LogP contribution in [-0.4, -0.2) is 18.2 Å². The van der Waals surface area contributed by atoms with E-state index >= 15 is 0 Å². The van der Waals surface area contributed by atoms with E-state index in [1.165, 1.54) is 4.68 Å². The number of nitrogens with zero attached hydrogens (tertiary/aromatic N) is 1. The van der Waals surface area contributed by atoms with Gasteiger partial charge in [-0.25, -0.2) is 13.1 Å². The highest BCUT2D eigenvalue weighted by Crippen LogP contribution is 2.30. The molecule has 6 nitrogen and oxygen atoms in total. The van der Waals surface area contributed by atoms with Crippen LogP contribution >= 0.6 is 0 Å². The molecule has 5 aromatic rings. The number of benzene rings is 4. The number of nitrogens with one attached hydrogen (secondary N) is 2. The maximum atomic E-state index is 13.6. The minimum absolute atomic E-state index is 0.189. The third-order valence-electron chi connectivity index (χ3n) is 5.97. The number of para-hydroxylation sites is 1. The molecule has 0 spiro atoms. The van der Waals surface area contributed by atoms with Crippen LogP contribution in [0.2, 0.25) is 0 Å². The van der Waals surface area contributed by atoms with Gasteiger partial charge in [0.1, 0.15) is 0 Å². The zero-order valence-electron chi connectivity index (χ0n) is 19.9. The zero-order chi connectivity index (χ0) is 25.3. The van der Waals surface area contributed by atoms with E-state index in [1.54, 1.807) is 48.5 Å². The molecule has 0 amide bonds. The van der Waals surface area contributed by atoms with Crippen LogP contribution in [0.1, 0.15) is 11.1 Å². The molecule has 0 aliphatic heterocycles. The van der Waals surface area contributed by atoms with E-state index < -0.39 is 10.0 Å². The second kappa shape index (κ2) is 9.36. The third-order valence-corrected chi connectivity index (χ3v) is 7.37. The topological polar surface area (TPSA) is 84.0 Å². The second-order valence-electron chi connectivity index (χ2n) is 8.70. The highest BCUT2D eigenvalue weighted by atomic mass is 32.2. The maximum absolute atomic E-state index is 13.6. The first-order valence-electron chi connectivity index (χ1n) is 11.5. The van der Waals surface area contributed by atoms with E-state index in [9.17, 15) is 13.2 Å². The summed E-state index contributed by atoms with van der Waals surface area (Å²) < 4.78 is 29.7. The Kier molecular flexibility index (Phi) is 6.08. The monoisotopic (exact) mass is 495 g/mol. The highest BCUT2D eigenvalue weighted by molar-refractivity contribution is 7.92. The van der Waals surface area contributed by atoms with Crippen molar-refractivity contribution in [3.05, 3.63) is 125 Å². The molecular formula is C29H25N3O3S. The Morgan fingerprint density at radius 2 is 1.42 bits per heavy atom. The average Bonchev–Trinajstić information content (AvgIpc) is 3.22. The molecule has 2 N–H and O–H groups in total.